The first-order valence-electron chi connectivity index (χ1n) is 8.99. The molecule has 6 heteroatoms. The minimum absolute atomic E-state index is 0.0206. The molecule has 3 heterocycles. The van der Waals surface area contributed by atoms with Gasteiger partial charge in [0.1, 0.15) is 6.04 Å². The van der Waals surface area contributed by atoms with Crippen molar-refractivity contribution in [2.45, 2.75) is 57.3 Å². The molecule has 0 aromatic heterocycles. The van der Waals surface area contributed by atoms with Gasteiger partial charge in [0, 0.05) is 19.0 Å². The molecule has 0 radical (unpaired) electrons. The number of likely N-dealkylation sites (tertiary alicyclic amines) is 1. The van der Waals surface area contributed by atoms with Crippen molar-refractivity contribution in [1.82, 2.24) is 14.7 Å². The number of hydrogen-bond donors (Lipinski definition) is 0. The van der Waals surface area contributed by atoms with E-state index in [9.17, 15) is 14.4 Å². The van der Waals surface area contributed by atoms with Gasteiger partial charge in [-0.3, -0.25) is 14.5 Å². The molecule has 0 N–H and O–H groups in total. The Morgan fingerprint density at radius 2 is 1.68 bits per heavy atom. The Labute approximate surface area is 147 Å². The molecule has 0 aliphatic carbocycles. The highest BCUT2D eigenvalue weighted by atomic mass is 16.2. The zero-order valence-electron chi connectivity index (χ0n) is 14.6. The van der Waals surface area contributed by atoms with Gasteiger partial charge in [-0.1, -0.05) is 30.3 Å². The van der Waals surface area contributed by atoms with E-state index in [2.05, 4.69) is 0 Å². The number of nitrogens with zero attached hydrogens (tertiary/aromatic N) is 3. The molecule has 4 rings (SSSR count). The number of hydrogen-bond acceptors (Lipinski definition) is 3. The molecule has 3 fully saturated rings. The van der Waals surface area contributed by atoms with Crippen molar-refractivity contribution in [1.29, 1.82) is 0 Å². The van der Waals surface area contributed by atoms with E-state index in [0.717, 1.165) is 12.0 Å². The molecule has 132 valence electrons. The van der Waals surface area contributed by atoms with Crippen LogP contribution in [0.1, 0.15) is 44.7 Å². The van der Waals surface area contributed by atoms with E-state index in [1.165, 1.54) is 4.90 Å². The van der Waals surface area contributed by atoms with Gasteiger partial charge in [0.25, 0.3) is 5.91 Å². The predicted octanol–water partition coefficient (Wildman–Crippen LogP) is 2.16. The highest BCUT2D eigenvalue weighted by Crippen LogP contribution is 2.42. The zero-order valence-corrected chi connectivity index (χ0v) is 14.6. The highest BCUT2D eigenvalue weighted by molar-refractivity contribution is 6.05. The van der Waals surface area contributed by atoms with Crippen molar-refractivity contribution in [3.63, 3.8) is 0 Å². The number of amides is 4. The lowest BCUT2D eigenvalue weighted by atomic mass is 10.0. The van der Waals surface area contributed by atoms with Crippen molar-refractivity contribution in [2.75, 3.05) is 6.54 Å². The number of imide groups is 1. The first kappa shape index (κ1) is 16.1. The SMILES string of the molecule is CC(C)N1C[C@H](N2C(=O)[C@@H]3CC[C@@H](c4ccccc4)N3C2=O)CC1=O. The van der Waals surface area contributed by atoms with E-state index in [-0.39, 0.29) is 48.4 Å². The van der Waals surface area contributed by atoms with E-state index >= 15 is 0 Å². The molecule has 6 nitrogen and oxygen atoms in total. The molecule has 4 amide bonds. The summed E-state index contributed by atoms with van der Waals surface area (Å²) in [5.74, 6) is -0.112. The van der Waals surface area contributed by atoms with Crippen LogP contribution in [-0.2, 0) is 9.59 Å². The van der Waals surface area contributed by atoms with Gasteiger partial charge in [-0.05, 0) is 32.3 Å². The monoisotopic (exact) mass is 341 g/mol. The van der Waals surface area contributed by atoms with Crippen molar-refractivity contribution in [3.8, 4) is 0 Å². The normalized spacial score (nSPS) is 29.3. The summed E-state index contributed by atoms with van der Waals surface area (Å²) in [6, 6.07) is 8.97. The maximum atomic E-state index is 13.1. The minimum atomic E-state index is -0.374. The van der Waals surface area contributed by atoms with Crippen LogP contribution < -0.4 is 0 Å². The lowest BCUT2D eigenvalue weighted by molar-refractivity contribution is -0.129. The lowest BCUT2D eigenvalue weighted by Crippen LogP contribution is -2.44. The van der Waals surface area contributed by atoms with E-state index in [1.54, 1.807) is 9.80 Å². The molecule has 25 heavy (non-hydrogen) atoms. The number of benzene rings is 1. The first-order chi connectivity index (χ1) is 12.0. The van der Waals surface area contributed by atoms with E-state index in [1.807, 2.05) is 44.2 Å². The molecule has 0 bridgehead atoms. The fourth-order valence-corrected chi connectivity index (χ4v) is 4.42. The van der Waals surface area contributed by atoms with Gasteiger partial charge in [-0.15, -0.1) is 0 Å². The standard InChI is InChI=1S/C19H23N3O3/c1-12(2)20-11-14(10-17(20)23)21-18(24)16-9-8-15(22(16)19(21)25)13-6-4-3-5-7-13/h3-7,12,14-16H,8-11H2,1-2H3/t14-,15+,16+/m1/s1. The maximum absolute atomic E-state index is 13.1. The Morgan fingerprint density at radius 3 is 2.32 bits per heavy atom. The zero-order chi connectivity index (χ0) is 17.7. The molecule has 3 atom stereocenters. The van der Waals surface area contributed by atoms with Gasteiger partial charge in [0.15, 0.2) is 0 Å². The maximum Gasteiger partial charge on any atom is 0.328 e. The van der Waals surface area contributed by atoms with Gasteiger partial charge in [0.05, 0.1) is 12.1 Å². The molecule has 1 aromatic carbocycles. The second-order valence-electron chi connectivity index (χ2n) is 7.42. The van der Waals surface area contributed by atoms with Crippen LogP contribution in [0.4, 0.5) is 4.79 Å². The summed E-state index contributed by atoms with van der Waals surface area (Å²) in [4.78, 5) is 43.0. The van der Waals surface area contributed by atoms with Gasteiger partial charge < -0.3 is 9.80 Å². The van der Waals surface area contributed by atoms with Crippen molar-refractivity contribution in [2.24, 2.45) is 0 Å². The highest BCUT2D eigenvalue weighted by Gasteiger charge is 2.55. The third-order valence-corrected chi connectivity index (χ3v) is 5.65. The Kier molecular flexibility index (Phi) is 3.78. The lowest BCUT2D eigenvalue weighted by Gasteiger charge is -2.27. The van der Waals surface area contributed by atoms with Crippen LogP contribution in [0.2, 0.25) is 0 Å². The van der Waals surface area contributed by atoms with Crippen LogP contribution >= 0.6 is 0 Å². The summed E-state index contributed by atoms with van der Waals surface area (Å²) in [6.07, 6.45) is 1.74. The van der Waals surface area contributed by atoms with Gasteiger partial charge in [-0.25, -0.2) is 4.79 Å². The number of carbonyl (C=O) groups is 3. The molecular weight excluding hydrogens is 318 g/mol. The van der Waals surface area contributed by atoms with Crippen molar-refractivity contribution >= 4 is 17.8 Å². The summed E-state index contributed by atoms with van der Waals surface area (Å²) in [6.45, 7) is 4.36. The summed E-state index contributed by atoms with van der Waals surface area (Å²) < 4.78 is 0. The van der Waals surface area contributed by atoms with Crippen LogP contribution in [-0.4, -0.2) is 57.2 Å². The molecule has 1 aromatic rings. The van der Waals surface area contributed by atoms with Crippen LogP contribution in [0.15, 0.2) is 30.3 Å². The summed E-state index contributed by atoms with van der Waals surface area (Å²) in [5.41, 5.74) is 1.07. The number of carbonyl (C=O) groups excluding carboxylic acids is 3. The molecule has 0 unspecified atom stereocenters. The van der Waals surface area contributed by atoms with Crippen molar-refractivity contribution in [3.05, 3.63) is 35.9 Å². The first-order valence-corrected chi connectivity index (χ1v) is 8.99. The fraction of sp³-hybridized carbons (Fsp3) is 0.526. The predicted molar refractivity (Wildman–Crippen MR) is 91.5 cm³/mol. The number of fused-ring (bicyclic) bond motifs is 1. The molecule has 3 aliphatic rings. The Balaban J connectivity index is 1.58. The van der Waals surface area contributed by atoms with Crippen molar-refractivity contribution < 1.29 is 14.4 Å². The Morgan fingerprint density at radius 1 is 1.00 bits per heavy atom. The van der Waals surface area contributed by atoms with E-state index < -0.39 is 0 Å². The third-order valence-electron chi connectivity index (χ3n) is 5.65. The van der Waals surface area contributed by atoms with Gasteiger partial charge in [-0.2, -0.15) is 0 Å². The average molecular weight is 341 g/mol. The largest absolute Gasteiger partial charge is 0.338 e. The van der Waals surface area contributed by atoms with Crippen LogP contribution in [0.3, 0.4) is 0 Å². The topological polar surface area (TPSA) is 60.9 Å². The van der Waals surface area contributed by atoms with Crippen LogP contribution in [0, 0.1) is 0 Å². The molecule has 0 saturated carbocycles. The molecule has 0 spiro atoms. The van der Waals surface area contributed by atoms with E-state index in [4.69, 9.17) is 0 Å². The van der Waals surface area contributed by atoms with Gasteiger partial charge in [0.2, 0.25) is 5.91 Å². The number of urea groups is 1. The summed E-state index contributed by atoms with van der Waals surface area (Å²) >= 11 is 0. The van der Waals surface area contributed by atoms with Gasteiger partial charge >= 0.3 is 6.03 Å². The molecule has 3 saturated heterocycles. The minimum Gasteiger partial charge on any atom is -0.338 e. The third kappa shape index (κ3) is 2.42. The summed E-state index contributed by atoms with van der Waals surface area (Å²) in [5, 5.41) is 0. The smallest absolute Gasteiger partial charge is 0.328 e. The quantitative estimate of drug-likeness (QED) is 0.792. The molecular formula is C19H23N3O3. The Bertz CT molecular complexity index is 718. The Hall–Kier alpha value is -2.37. The second kappa shape index (κ2) is 5.86. The summed E-state index contributed by atoms with van der Waals surface area (Å²) in [7, 11) is 0. The second-order valence-corrected chi connectivity index (χ2v) is 7.42. The molecule has 3 aliphatic heterocycles. The number of rotatable bonds is 3. The fourth-order valence-electron chi connectivity index (χ4n) is 4.42. The van der Waals surface area contributed by atoms with Crippen LogP contribution in [0.25, 0.3) is 0 Å². The van der Waals surface area contributed by atoms with E-state index in [0.29, 0.717) is 13.0 Å². The van der Waals surface area contributed by atoms with Crippen LogP contribution in [0.5, 0.6) is 0 Å². The average Bonchev–Trinajstić information content (AvgIpc) is 3.24.